The van der Waals surface area contributed by atoms with E-state index in [2.05, 4.69) is 50.3 Å². The lowest BCUT2D eigenvalue weighted by molar-refractivity contribution is -0.870. The van der Waals surface area contributed by atoms with E-state index >= 15 is 0 Å². The molecule has 0 rings (SSSR count). The van der Waals surface area contributed by atoms with Crippen LogP contribution in [0.2, 0.25) is 0 Å². The van der Waals surface area contributed by atoms with Crippen LogP contribution >= 0.6 is 0 Å². The largest absolute Gasteiger partial charge is 0.545 e. The number of allylic oxidation sites excluding steroid dienone is 6. The van der Waals surface area contributed by atoms with Gasteiger partial charge in [-0.2, -0.15) is 0 Å². The Bertz CT molecular complexity index is 1030. The molecule has 0 heterocycles. The van der Waals surface area contributed by atoms with Gasteiger partial charge in [-0.3, -0.25) is 9.59 Å². The van der Waals surface area contributed by atoms with Crippen molar-refractivity contribution < 1.29 is 42.9 Å². The van der Waals surface area contributed by atoms with E-state index in [1.165, 1.54) is 103 Å². The van der Waals surface area contributed by atoms with Gasteiger partial charge in [0.25, 0.3) is 0 Å². The van der Waals surface area contributed by atoms with Gasteiger partial charge in [0.15, 0.2) is 12.4 Å². The molecule has 0 aromatic heterocycles. The Hall–Kier alpha value is -2.49. The summed E-state index contributed by atoms with van der Waals surface area (Å²) in [6.07, 6.45) is 41.8. The Morgan fingerprint density at radius 3 is 1.40 bits per heavy atom. The molecular formula is C48H87NO8. The van der Waals surface area contributed by atoms with Crippen molar-refractivity contribution in [1.82, 2.24) is 0 Å². The van der Waals surface area contributed by atoms with Crippen LogP contribution in [0.4, 0.5) is 0 Å². The number of quaternary nitrogens is 1. The molecule has 2 unspecified atom stereocenters. The maximum atomic E-state index is 12.7. The van der Waals surface area contributed by atoms with E-state index in [-0.39, 0.29) is 32.2 Å². The number of carbonyl (C=O) groups is 3. The number of ether oxygens (including phenoxy) is 4. The first-order valence-corrected chi connectivity index (χ1v) is 23.1. The highest BCUT2D eigenvalue weighted by Gasteiger charge is 2.21. The minimum Gasteiger partial charge on any atom is -0.545 e. The molecule has 0 amide bonds. The van der Waals surface area contributed by atoms with Gasteiger partial charge < -0.3 is 33.3 Å². The Morgan fingerprint density at radius 1 is 0.526 bits per heavy atom. The third-order valence-corrected chi connectivity index (χ3v) is 9.89. The van der Waals surface area contributed by atoms with Gasteiger partial charge in [-0.25, -0.2) is 0 Å². The van der Waals surface area contributed by atoms with E-state index in [0.717, 1.165) is 57.8 Å². The molecule has 0 aromatic rings. The van der Waals surface area contributed by atoms with Gasteiger partial charge in [-0.05, 0) is 51.4 Å². The van der Waals surface area contributed by atoms with Gasteiger partial charge in [-0.15, -0.1) is 0 Å². The number of esters is 2. The number of carboxylic acid groups (broad SMARTS) is 1. The number of carbonyl (C=O) groups excluding carboxylic acids is 3. The first kappa shape index (κ1) is 54.5. The summed E-state index contributed by atoms with van der Waals surface area (Å²) in [5, 5.41) is 11.7. The van der Waals surface area contributed by atoms with E-state index in [1.807, 2.05) is 21.1 Å². The van der Waals surface area contributed by atoms with Crippen LogP contribution in [0.3, 0.4) is 0 Å². The maximum absolute atomic E-state index is 12.7. The summed E-state index contributed by atoms with van der Waals surface area (Å²) in [6.45, 7) is 4.69. The van der Waals surface area contributed by atoms with Crippen LogP contribution in [0.15, 0.2) is 36.5 Å². The van der Waals surface area contributed by atoms with Crippen LogP contribution in [-0.2, 0) is 33.3 Å². The molecule has 2 atom stereocenters. The molecule has 0 aliphatic carbocycles. The molecule has 0 saturated heterocycles. The normalized spacial score (nSPS) is 13.2. The van der Waals surface area contributed by atoms with Gasteiger partial charge >= 0.3 is 11.9 Å². The molecule has 0 spiro atoms. The molecule has 9 heteroatoms. The first-order chi connectivity index (χ1) is 27.6. The number of rotatable bonds is 42. The molecule has 0 bridgehead atoms. The number of nitrogens with zero attached hydrogens (tertiary/aromatic N) is 1. The predicted molar refractivity (Wildman–Crippen MR) is 232 cm³/mol. The van der Waals surface area contributed by atoms with E-state index in [4.69, 9.17) is 18.9 Å². The zero-order valence-corrected chi connectivity index (χ0v) is 37.5. The highest BCUT2D eigenvalue weighted by molar-refractivity contribution is 5.70. The molecule has 0 fully saturated rings. The van der Waals surface area contributed by atoms with Crippen LogP contribution in [0.1, 0.15) is 194 Å². The van der Waals surface area contributed by atoms with Crippen molar-refractivity contribution >= 4 is 17.9 Å². The van der Waals surface area contributed by atoms with Gasteiger partial charge in [0.05, 0.1) is 40.3 Å². The van der Waals surface area contributed by atoms with Crippen molar-refractivity contribution in [2.45, 2.75) is 206 Å². The van der Waals surface area contributed by atoms with Crippen molar-refractivity contribution in [3.8, 4) is 0 Å². The van der Waals surface area contributed by atoms with Crippen LogP contribution < -0.4 is 5.11 Å². The second-order valence-electron chi connectivity index (χ2n) is 16.7. The van der Waals surface area contributed by atoms with E-state index in [0.29, 0.717) is 23.9 Å². The highest BCUT2D eigenvalue weighted by Crippen LogP contribution is 2.14. The minimum absolute atomic E-state index is 0.146. The van der Waals surface area contributed by atoms with E-state index in [1.54, 1.807) is 0 Å². The molecule has 0 aliphatic heterocycles. The minimum atomic E-state index is -1.62. The number of aliphatic carboxylic acids is 1. The molecule has 57 heavy (non-hydrogen) atoms. The molecule has 0 aliphatic rings. The molecule has 0 N–H and O–H groups in total. The van der Waals surface area contributed by atoms with Crippen molar-refractivity contribution in [1.29, 1.82) is 0 Å². The number of carboxylic acids is 1. The Labute approximate surface area is 350 Å². The van der Waals surface area contributed by atoms with Gasteiger partial charge in [0, 0.05) is 12.8 Å². The smallest absolute Gasteiger partial charge is 0.306 e. The maximum Gasteiger partial charge on any atom is 0.306 e. The van der Waals surface area contributed by atoms with Gasteiger partial charge in [-0.1, -0.05) is 166 Å². The third-order valence-electron chi connectivity index (χ3n) is 9.89. The molecule has 332 valence electrons. The van der Waals surface area contributed by atoms with Crippen molar-refractivity contribution in [2.24, 2.45) is 0 Å². The summed E-state index contributed by atoms with van der Waals surface area (Å²) < 4.78 is 22.5. The Kier molecular flexibility index (Phi) is 38.5. The number of unbranched alkanes of at least 4 members (excludes halogenated alkanes) is 21. The first-order valence-electron chi connectivity index (χ1n) is 23.1. The lowest BCUT2D eigenvalue weighted by Crippen LogP contribution is -2.44. The summed E-state index contributed by atoms with van der Waals surface area (Å²) in [6, 6.07) is 0. The van der Waals surface area contributed by atoms with E-state index < -0.39 is 24.3 Å². The summed E-state index contributed by atoms with van der Waals surface area (Å²) in [5.41, 5.74) is 0. The van der Waals surface area contributed by atoms with Crippen molar-refractivity contribution in [3.05, 3.63) is 36.5 Å². The number of hydrogen-bond donors (Lipinski definition) is 0. The summed E-state index contributed by atoms with van der Waals surface area (Å²) in [4.78, 5) is 36.9. The van der Waals surface area contributed by atoms with Crippen LogP contribution in [0.5, 0.6) is 0 Å². The van der Waals surface area contributed by atoms with Crippen LogP contribution in [-0.4, -0.2) is 82.3 Å². The summed E-state index contributed by atoms with van der Waals surface area (Å²) in [5.74, 6) is -2.30. The van der Waals surface area contributed by atoms with Gasteiger partial charge in [0.2, 0.25) is 0 Å². The molecule has 0 saturated carbocycles. The SMILES string of the molecule is CCCCCCC/C=C\C/C=C\C/C=C\CCCCCCCCCCC(=O)OC(COC(=O)CCCCCCCCCCC)COC(OCC[N+](C)(C)C)C(=O)[O-]. The molecule has 0 radical (unpaired) electrons. The average molecular weight is 806 g/mol. The van der Waals surface area contributed by atoms with Crippen molar-refractivity contribution in [3.63, 3.8) is 0 Å². The number of hydrogen-bond acceptors (Lipinski definition) is 8. The standard InChI is InChI=1S/C48H87NO8/c1-6-8-10-12-14-16-17-18-19-20-21-22-23-24-25-26-27-28-29-31-33-35-37-39-46(51)57-44(43-56-48(47(52)53)54-41-40-49(3,4)5)42-55-45(50)38-36-34-32-30-15-13-11-9-7-2/h17-18,20-21,23-24,44,48H,6-16,19,22,25-43H2,1-5H3/b18-17-,21-20-,24-23-. The average Bonchev–Trinajstić information content (AvgIpc) is 3.17. The quantitative estimate of drug-likeness (QED) is 0.0197. The predicted octanol–water partition coefficient (Wildman–Crippen LogP) is 10.9. The fourth-order valence-corrected chi connectivity index (χ4v) is 6.25. The second kappa shape index (κ2) is 40.3. The van der Waals surface area contributed by atoms with Gasteiger partial charge in [0.1, 0.15) is 13.2 Å². The van der Waals surface area contributed by atoms with E-state index in [9.17, 15) is 19.5 Å². The van der Waals surface area contributed by atoms with Crippen molar-refractivity contribution in [2.75, 3.05) is 47.5 Å². The lowest BCUT2D eigenvalue weighted by Gasteiger charge is -2.26. The number of likely N-dealkylation sites (N-methyl/N-ethyl adjacent to an activating group) is 1. The topological polar surface area (TPSA) is 111 Å². The second-order valence-corrected chi connectivity index (χ2v) is 16.7. The summed E-state index contributed by atoms with van der Waals surface area (Å²) in [7, 11) is 5.90. The zero-order chi connectivity index (χ0) is 42.1. The van der Waals surface area contributed by atoms with Crippen LogP contribution in [0.25, 0.3) is 0 Å². The van der Waals surface area contributed by atoms with Crippen LogP contribution in [0, 0.1) is 0 Å². The molecular weight excluding hydrogens is 719 g/mol. The summed E-state index contributed by atoms with van der Waals surface area (Å²) >= 11 is 0. The Morgan fingerprint density at radius 2 is 0.947 bits per heavy atom. The fraction of sp³-hybridized carbons (Fsp3) is 0.812. The lowest BCUT2D eigenvalue weighted by atomic mass is 10.1. The monoisotopic (exact) mass is 806 g/mol. The third kappa shape index (κ3) is 41.5. The highest BCUT2D eigenvalue weighted by atomic mass is 16.7. The fourth-order valence-electron chi connectivity index (χ4n) is 6.25. The zero-order valence-electron chi connectivity index (χ0n) is 37.5. The Balaban J connectivity index is 4.32. The molecule has 9 nitrogen and oxygen atoms in total. The molecule has 0 aromatic carbocycles.